The Kier molecular flexibility index (Phi) is 3.66. The summed E-state index contributed by atoms with van der Waals surface area (Å²) < 4.78 is 40.3. The minimum atomic E-state index is -4.13. The van der Waals surface area contributed by atoms with Crippen molar-refractivity contribution in [1.82, 2.24) is 3.87 Å². The summed E-state index contributed by atoms with van der Waals surface area (Å²) in [6, 6.07) is 0. The quantitative estimate of drug-likeness (QED) is 0.336. The van der Waals surface area contributed by atoms with Crippen molar-refractivity contribution in [2.75, 3.05) is 5.75 Å². The van der Waals surface area contributed by atoms with Crippen molar-refractivity contribution in [1.29, 1.82) is 0 Å². The Morgan fingerprint density at radius 1 is 1.55 bits per heavy atom. The summed E-state index contributed by atoms with van der Waals surface area (Å²) >= 11 is 0. The van der Waals surface area contributed by atoms with Gasteiger partial charge in [-0.05, 0) is 0 Å². The van der Waals surface area contributed by atoms with Gasteiger partial charge in [-0.15, -0.1) is 6.58 Å². The van der Waals surface area contributed by atoms with Gasteiger partial charge in [0.2, 0.25) is 10.9 Å². The van der Waals surface area contributed by atoms with Crippen LogP contribution < -0.4 is 0 Å². The van der Waals surface area contributed by atoms with Gasteiger partial charge in [-0.3, -0.25) is 5.21 Å². The van der Waals surface area contributed by atoms with Crippen LogP contribution in [-0.4, -0.2) is 31.7 Å². The predicted molar refractivity (Wildman–Crippen MR) is 37.9 cm³/mol. The molecule has 6 nitrogen and oxygen atoms in total. The molecule has 0 fully saturated rings. The van der Waals surface area contributed by atoms with Crippen molar-refractivity contribution in [3.63, 3.8) is 0 Å². The second-order valence-corrected chi connectivity index (χ2v) is 4.50. The molecule has 0 aliphatic rings. The van der Waals surface area contributed by atoms with Crippen LogP contribution in [0.3, 0.4) is 0 Å². The highest BCUT2D eigenvalue weighted by molar-refractivity contribution is 7.97. The normalized spacial score (nSPS) is 12.3. The summed E-state index contributed by atoms with van der Waals surface area (Å²) in [6.07, 6.45) is 0.970. The molecule has 0 amide bonds. The number of rotatable bonds is 4. The van der Waals surface area contributed by atoms with Crippen LogP contribution in [0.4, 0.5) is 0 Å². The first-order valence-electron chi connectivity index (χ1n) is 2.39. The molecule has 0 rings (SSSR count). The maximum Gasteiger partial charge on any atom is 0.253 e. The van der Waals surface area contributed by atoms with Gasteiger partial charge in [-0.1, -0.05) is 6.08 Å². The lowest BCUT2D eigenvalue weighted by molar-refractivity contribution is 0.0996. The zero-order valence-electron chi connectivity index (χ0n) is 5.37. The van der Waals surface area contributed by atoms with E-state index in [-0.39, 0.29) is 0 Å². The van der Waals surface area contributed by atoms with Gasteiger partial charge in [0.05, 0.1) is 5.75 Å². The summed E-state index contributed by atoms with van der Waals surface area (Å²) in [4.78, 5) is 0. The second kappa shape index (κ2) is 3.81. The molecule has 0 aliphatic heterocycles. The Balaban J connectivity index is 4.70. The summed E-state index contributed by atoms with van der Waals surface area (Å²) in [7, 11) is -7.64. The zero-order valence-corrected chi connectivity index (χ0v) is 7.09. The molecule has 11 heavy (non-hydrogen) atoms. The summed E-state index contributed by atoms with van der Waals surface area (Å²) in [5, 5.41) is 8.39. The molecule has 0 radical (unpaired) electrons. The van der Waals surface area contributed by atoms with Crippen LogP contribution in [0, 0.1) is 0 Å². The zero-order chi connectivity index (χ0) is 9.07. The summed E-state index contributed by atoms with van der Waals surface area (Å²) in [5.41, 5.74) is 0. The lowest BCUT2D eigenvalue weighted by Gasteiger charge is -2.04. The Labute approximate surface area is 65.8 Å². The fourth-order valence-electron chi connectivity index (χ4n) is 0.317. The van der Waals surface area contributed by atoms with E-state index in [0.29, 0.717) is 0 Å². The highest BCUT2D eigenvalue weighted by Crippen LogP contribution is 1.96. The van der Waals surface area contributed by atoms with Gasteiger partial charge in [0.15, 0.2) is 0 Å². The molecule has 0 saturated heterocycles. The van der Waals surface area contributed by atoms with E-state index in [1.807, 2.05) is 0 Å². The van der Waals surface area contributed by atoms with Crippen LogP contribution in [0.15, 0.2) is 12.7 Å². The average Bonchev–Trinajstić information content (AvgIpc) is 1.86. The fourth-order valence-corrected chi connectivity index (χ4v) is 1.76. The van der Waals surface area contributed by atoms with Crippen LogP contribution in [0.1, 0.15) is 0 Å². The molecule has 0 atom stereocenters. The minimum Gasteiger partial charge on any atom is -0.286 e. The van der Waals surface area contributed by atoms with Crippen molar-refractivity contribution in [2.45, 2.75) is 0 Å². The standard InChI is InChI=1S/C3H7NO5S2/c1-2-3-11(8,9)4(5)10(6)7/h2,5,10H,1,3H2. The van der Waals surface area contributed by atoms with E-state index >= 15 is 0 Å². The molecule has 0 aromatic carbocycles. The summed E-state index contributed by atoms with van der Waals surface area (Å²) in [5.74, 6) is -0.618. The van der Waals surface area contributed by atoms with E-state index in [1.54, 1.807) is 0 Å². The van der Waals surface area contributed by atoms with Crippen LogP contribution in [0.25, 0.3) is 0 Å². The first-order valence-corrected chi connectivity index (χ1v) is 5.13. The van der Waals surface area contributed by atoms with Crippen LogP contribution in [0.2, 0.25) is 0 Å². The number of hydrogen-bond acceptors (Lipinski definition) is 5. The number of sulfonamides is 1. The topological polar surface area (TPSA) is 91.8 Å². The summed E-state index contributed by atoms with van der Waals surface area (Å²) in [6.45, 7) is 3.07. The third-order valence-corrected chi connectivity index (χ3v) is 3.30. The molecule has 0 aromatic rings. The van der Waals surface area contributed by atoms with Gasteiger partial charge in [0.1, 0.15) is 0 Å². The Bertz CT molecular complexity index is 294. The smallest absolute Gasteiger partial charge is 0.253 e. The number of nitrogens with zero attached hydrogens (tertiary/aromatic N) is 1. The SMILES string of the molecule is C=CCS(=O)(=O)N(O)[SH](=O)=O. The minimum absolute atomic E-state index is 0.618. The van der Waals surface area contributed by atoms with Crippen molar-refractivity contribution in [3.8, 4) is 0 Å². The predicted octanol–water partition coefficient (Wildman–Crippen LogP) is -1.28. The largest absolute Gasteiger partial charge is 0.286 e. The average molecular weight is 201 g/mol. The van der Waals surface area contributed by atoms with Gasteiger partial charge in [-0.2, -0.15) is 0 Å². The first-order chi connectivity index (χ1) is 4.91. The Morgan fingerprint density at radius 3 is 2.27 bits per heavy atom. The molecule has 0 unspecified atom stereocenters. The Morgan fingerprint density at radius 2 is 2.00 bits per heavy atom. The lowest BCUT2D eigenvalue weighted by atomic mass is 10.8. The van der Waals surface area contributed by atoms with E-state index in [4.69, 9.17) is 5.21 Å². The molecule has 0 bridgehead atoms. The van der Waals surface area contributed by atoms with E-state index in [9.17, 15) is 16.8 Å². The third kappa shape index (κ3) is 2.97. The molecular formula is C3H7NO5S2. The van der Waals surface area contributed by atoms with Gasteiger partial charge in [0.25, 0.3) is 10.0 Å². The molecule has 0 aromatic heterocycles. The molecular weight excluding hydrogens is 194 g/mol. The van der Waals surface area contributed by atoms with E-state index in [2.05, 4.69) is 6.58 Å². The second-order valence-electron chi connectivity index (χ2n) is 1.53. The molecule has 8 heteroatoms. The molecule has 66 valence electrons. The maximum atomic E-state index is 10.6. The number of thiol groups is 1. The third-order valence-electron chi connectivity index (χ3n) is 0.717. The van der Waals surface area contributed by atoms with Crippen molar-refractivity contribution < 1.29 is 22.0 Å². The van der Waals surface area contributed by atoms with Crippen LogP contribution in [0.5, 0.6) is 0 Å². The molecule has 0 saturated carbocycles. The monoisotopic (exact) mass is 201 g/mol. The van der Waals surface area contributed by atoms with E-state index < -0.39 is 30.5 Å². The number of hydrogen-bond donors (Lipinski definition) is 2. The lowest BCUT2D eigenvalue weighted by Crippen LogP contribution is -2.27. The van der Waals surface area contributed by atoms with Gasteiger partial charge >= 0.3 is 0 Å². The van der Waals surface area contributed by atoms with Crippen molar-refractivity contribution in [3.05, 3.63) is 12.7 Å². The van der Waals surface area contributed by atoms with E-state index in [0.717, 1.165) is 6.08 Å². The van der Waals surface area contributed by atoms with Crippen molar-refractivity contribution in [2.24, 2.45) is 0 Å². The van der Waals surface area contributed by atoms with Crippen LogP contribution in [-0.2, 0) is 20.9 Å². The van der Waals surface area contributed by atoms with Gasteiger partial charge in [-0.25, -0.2) is 16.8 Å². The molecule has 0 spiro atoms. The van der Waals surface area contributed by atoms with Gasteiger partial charge < -0.3 is 0 Å². The maximum absolute atomic E-state index is 10.6. The first kappa shape index (κ1) is 10.6. The highest BCUT2D eigenvalue weighted by Gasteiger charge is 2.20. The molecule has 0 aliphatic carbocycles. The fraction of sp³-hybridized carbons (Fsp3) is 0.333. The van der Waals surface area contributed by atoms with E-state index in [1.165, 1.54) is 0 Å². The molecule has 1 N–H and O–H groups in total. The highest BCUT2D eigenvalue weighted by atomic mass is 32.3. The van der Waals surface area contributed by atoms with Gasteiger partial charge in [0, 0.05) is 3.87 Å². The Hall–Kier alpha value is -0.440. The van der Waals surface area contributed by atoms with Crippen LogP contribution >= 0.6 is 0 Å². The van der Waals surface area contributed by atoms with Crippen molar-refractivity contribution >= 4 is 20.9 Å². The molecule has 0 heterocycles.